The maximum Gasteiger partial charge on any atom is 0.219 e. The summed E-state index contributed by atoms with van der Waals surface area (Å²) in [5.41, 5.74) is 0.803. The number of carbonyl (C=O) groups excluding carboxylic acids is 1. The van der Waals surface area contributed by atoms with Gasteiger partial charge in [-0.25, -0.2) is 8.42 Å². The standard InChI is InChI=1S/C16H22N2O5S/c1-11(19)18-6-5-17(14-9-24(21,22)10-15(14)18)8-12-7-13(20)3-4-16(12)23-2/h3-4,7,14-15,20H,5-6,8-10H2,1-2H3/t14-,15+/m0/s1. The number of phenolic OH excluding ortho intramolecular Hbond substituents is 1. The average Bonchev–Trinajstić information content (AvgIpc) is 2.82. The first kappa shape index (κ1) is 17.0. The number of nitrogens with zero attached hydrogens (tertiary/aromatic N) is 2. The zero-order valence-corrected chi connectivity index (χ0v) is 14.6. The van der Waals surface area contributed by atoms with Gasteiger partial charge in [0.05, 0.1) is 24.7 Å². The number of aromatic hydroxyl groups is 1. The van der Waals surface area contributed by atoms with Crippen LogP contribution < -0.4 is 4.74 Å². The Kier molecular flexibility index (Phi) is 4.44. The molecule has 0 saturated carbocycles. The van der Waals surface area contributed by atoms with E-state index in [-0.39, 0.29) is 35.2 Å². The molecule has 0 radical (unpaired) electrons. The van der Waals surface area contributed by atoms with Gasteiger partial charge in [0.15, 0.2) is 9.84 Å². The van der Waals surface area contributed by atoms with Gasteiger partial charge in [-0.3, -0.25) is 9.69 Å². The Morgan fingerprint density at radius 1 is 1.29 bits per heavy atom. The number of phenols is 1. The van der Waals surface area contributed by atoms with Gasteiger partial charge >= 0.3 is 0 Å². The van der Waals surface area contributed by atoms with Crippen molar-refractivity contribution in [3.05, 3.63) is 23.8 Å². The van der Waals surface area contributed by atoms with Crippen molar-refractivity contribution in [1.82, 2.24) is 9.80 Å². The Morgan fingerprint density at radius 3 is 2.67 bits per heavy atom. The fraction of sp³-hybridized carbons (Fsp3) is 0.562. The van der Waals surface area contributed by atoms with Crippen molar-refractivity contribution < 1.29 is 23.1 Å². The second-order valence-electron chi connectivity index (χ2n) is 6.39. The van der Waals surface area contributed by atoms with Crippen molar-refractivity contribution in [1.29, 1.82) is 0 Å². The highest BCUT2D eigenvalue weighted by atomic mass is 32.2. The molecule has 1 N–H and O–H groups in total. The summed E-state index contributed by atoms with van der Waals surface area (Å²) in [7, 11) is -1.60. The van der Waals surface area contributed by atoms with E-state index in [1.165, 1.54) is 6.92 Å². The van der Waals surface area contributed by atoms with Gasteiger partial charge in [0, 0.05) is 38.2 Å². The van der Waals surface area contributed by atoms with E-state index in [2.05, 4.69) is 4.90 Å². The number of carbonyl (C=O) groups is 1. The van der Waals surface area contributed by atoms with Gasteiger partial charge in [-0.05, 0) is 18.2 Å². The van der Waals surface area contributed by atoms with Crippen molar-refractivity contribution in [2.45, 2.75) is 25.6 Å². The van der Waals surface area contributed by atoms with Gasteiger partial charge in [0.2, 0.25) is 5.91 Å². The van der Waals surface area contributed by atoms with Crippen LogP contribution in [0.1, 0.15) is 12.5 Å². The number of fused-ring (bicyclic) bond motifs is 1. The first-order valence-electron chi connectivity index (χ1n) is 7.88. The third-order valence-electron chi connectivity index (χ3n) is 4.83. The van der Waals surface area contributed by atoms with E-state index in [1.807, 2.05) is 0 Å². The molecule has 2 aliphatic heterocycles. The molecule has 1 aromatic rings. The zero-order valence-electron chi connectivity index (χ0n) is 13.8. The molecular formula is C16H22N2O5S. The summed E-state index contributed by atoms with van der Waals surface area (Å²) in [5, 5.41) is 9.73. The van der Waals surface area contributed by atoms with Crippen LogP contribution in [0.3, 0.4) is 0 Å². The van der Waals surface area contributed by atoms with Crippen LogP contribution in [0.5, 0.6) is 11.5 Å². The summed E-state index contributed by atoms with van der Waals surface area (Å²) >= 11 is 0. The van der Waals surface area contributed by atoms with Crippen LogP contribution in [0.25, 0.3) is 0 Å². The number of hydrogen-bond donors (Lipinski definition) is 1. The average molecular weight is 354 g/mol. The van der Waals surface area contributed by atoms with Crippen LogP contribution in [0, 0.1) is 0 Å². The van der Waals surface area contributed by atoms with Crippen LogP contribution in [0.15, 0.2) is 18.2 Å². The third-order valence-corrected chi connectivity index (χ3v) is 6.53. The molecule has 8 heteroatoms. The second kappa shape index (κ2) is 6.25. The highest BCUT2D eigenvalue weighted by molar-refractivity contribution is 7.91. The number of ether oxygens (including phenoxy) is 1. The Bertz CT molecular complexity index is 749. The molecule has 3 rings (SSSR count). The number of hydrogen-bond acceptors (Lipinski definition) is 6. The molecule has 1 aromatic carbocycles. The van der Waals surface area contributed by atoms with Crippen LogP contribution in [0.2, 0.25) is 0 Å². The molecule has 2 saturated heterocycles. The molecule has 2 heterocycles. The van der Waals surface area contributed by atoms with E-state index < -0.39 is 9.84 Å². The van der Waals surface area contributed by atoms with Gasteiger partial charge in [0.1, 0.15) is 11.5 Å². The second-order valence-corrected chi connectivity index (χ2v) is 8.54. The summed E-state index contributed by atoms with van der Waals surface area (Å²) in [6, 6.07) is 4.36. The normalized spacial score (nSPS) is 26.2. The predicted octanol–water partition coefficient (Wildman–Crippen LogP) is 0.231. The Hall–Kier alpha value is -1.80. The smallest absolute Gasteiger partial charge is 0.219 e. The van der Waals surface area contributed by atoms with Gasteiger partial charge in [-0.1, -0.05) is 0 Å². The molecule has 0 unspecified atom stereocenters. The van der Waals surface area contributed by atoms with Crippen LogP contribution in [0.4, 0.5) is 0 Å². The number of benzene rings is 1. The molecule has 0 bridgehead atoms. The Balaban J connectivity index is 1.87. The van der Waals surface area contributed by atoms with Gasteiger partial charge in [-0.15, -0.1) is 0 Å². The minimum absolute atomic E-state index is 0.0188. The molecule has 0 aliphatic carbocycles. The molecule has 24 heavy (non-hydrogen) atoms. The quantitative estimate of drug-likeness (QED) is 0.836. The van der Waals surface area contributed by atoms with Crippen molar-refractivity contribution in [3.8, 4) is 11.5 Å². The lowest BCUT2D eigenvalue weighted by Crippen LogP contribution is -2.59. The molecule has 2 fully saturated rings. The van der Waals surface area contributed by atoms with Gasteiger partial charge in [0.25, 0.3) is 0 Å². The lowest BCUT2D eigenvalue weighted by molar-refractivity contribution is -0.134. The number of sulfone groups is 1. The predicted molar refractivity (Wildman–Crippen MR) is 88.7 cm³/mol. The molecule has 2 atom stereocenters. The van der Waals surface area contributed by atoms with E-state index >= 15 is 0 Å². The van der Waals surface area contributed by atoms with Gasteiger partial charge < -0.3 is 14.7 Å². The molecule has 1 amide bonds. The monoisotopic (exact) mass is 354 g/mol. The first-order valence-corrected chi connectivity index (χ1v) is 9.70. The maximum absolute atomic E-state index is 12.1. The van der Waals surface area contributed by atoms with E-state index in [9.17, 15) is 18.3 Å². The van der Waals surface area contributed by atoms with Crippen molar-refractivity contribution >= 4 is 15.7 Å². The summed E-state index contributed by atoms with van der Waals surface area (Å²) < 4.78 is 29.6. The summed E-state index contributed by atoms with van der Waals surface area (Å²) in [6.45, 7) is 3.05. The Morgan fingerprint density at radius 2 is 2.00 bits per heavy atom. The van der Waals surface area contributed by atoms with E-state index in [1.54, 1.807) is 30.2 Å². The molecule has 0 spiro atoms. The summed E-state index contributed by atoms with van der Waals surface area (Å²) in [6.07, 6.45) is 0. The van der Waals surface area contributed by atoms with Crippen molar-refractivity contribution in [2.24, 2.45) is 0 Å². The summed E-state index contributed by atoms with van der Waals surface area (Å²) in [4.78, 5) is 15.6. The largest absolute Gasteiger partial charge is 0.508 e. The maximum atomic E-state index is 12.1. The number of amides is 1. The molecule has 132 valence electrons. The highest BCUT2D eigenvalue weighted by Crippen LogP contribution is 2.31. The van der Waals surface area contributed by atoms with E-state index in [0.717, 1.165) is 5.56 Å². The molecule has 7 nitrogen and oxygen atoms in total. The molecule has 2 aliphatic rings. The molecule has 0 aromatic heterocycles. The zero-order chi connectivity index (χ0) is 17.5. The fourth-order valence-corrected chi connectivity index (χ4v) is 5.73. The first-order chi connectivity index (χ1) is 11.3. The van der Waals surface area contributed by atoms with Crippen molar-refractivity contribution in [2.75, 3.05) is 31.7 Å². The minimum Gasteiger partial charge on any atom is -0.508 e. The van der Waals surface area contributed by atoms with Crippen molar-refractivity contribution in [3.63, 3.8) is 0 Å². The summed E-state index contributed by atoms with van der Waals surface area (Å²) in [5.74, 6) is 0.785. The van der Waals surface area contributed by atoms with E-state index in [4.69, 9.17) is 4.74 Å². The fourth-order valence-electron chi connectivity index (χ4n) is 3.72. The van der Waals surface area contributed by atoms with Crippen LogP contribution in [-0.2, 0) is 21.2 Å². The topological polar surface area (TPSA) is 87.2 Å². The van der Waals surface area contributed by atoms with E-state index in [0.29, 0.717) is 25.4 Å². The molecular weight excluding hydrogens is 332 g/mol. The SMILES string of the molecule is COc1ccc(O)cc1CN1CCN(C(C)=O)[C@@H]2CS(=O)(=O)C[C@@H]21. The lowest BCUT2D eigenvalue weighted by atomic mass is 10.0. The van der Waals surface area contributed by atoms with Crippen LogP contribution in [-0.4, -0.2) is 73.0 Å². The minimum atomic E-state index is -3.16. The number of methoxy groups -OCH3 is 1. The van der Waals surface area contributed by atoms with Crippen LogP contribution >= 0.6 is 0 Å². The van der Waals surface area contributed by atoms with Gasteiger partial charge in [-0.2, -0.15) is 0 Å². The number of piperazine rings is 1. The third kappa shape index (κ3) is 3.21. The Labute approximate surface area is 141 Å². The highest BCUT2D eigenvalue weighted by Gasteiger charge is 2.47. The number of rotatable bonds is 3. The lowest BCUT2D eigenvalue weighted by Gasteiger charge is -2.43.